The van der Waals surface area contributed by atoms with E-state index in [1.165, 1.54) is 0 Å². The Morgan fingerprint density at radius 1 is 0.968 bits per heavy atom. The predicted octanol–water partition coefficient (Wildman–Crippen LogP) is 5.43. The van der Waals surface area contributed by atoms with Crippen molar-refractivity contribution in [1.29, 1.82) is 0 Å². The molecule has 0 unspecified atom stereocenters. The second kappa shape index (κ2) is 10.0. The van der Waals surface area contributed by atoms with Gasteiger partial charge in [0.25, 0.3) is 0 Å². The first kappa shape index (κ1) is 24.5. The molecule has 0 saturated carbocycles. The number of fused-ring (bicyclic) bond motifs is 1. The number of methoxy groups -OCH3 is 1. The van der Waals surface area contributed by atoms with Gasteiger partial charge in [-0.1, -0.05) is 52.0 Å². The first-order valence-corrected chi connectivity index (χ1v) is 10.9. The van der Waals surface area contributed by atoms with Crippen molar-refractivity contribution >= 4 is 22.8 Å². The van der Waals surface area contributed by atoms with Crippen molar-refractivity contribution in [3.63, 3.8) is 0 Å². The van der Waals surface area contributed by atoms with Crippen molar-refractivity contribution in [3.05, 3.63) is 35.4 Å². The molecule has 0 fully saturated rings. The Bertz CT molecular complexity index is 943. The SMILES string of the molecule is CCc1c(CC)c(OC(=O)[C@@H](NC(=O)OC(C)(C)C)C(C)C)c2ccccc2c1OC. The van der Waals surface area contributed by atoms with Crippen LogP contribution in [0.4, 0.5) is 4.79 Å². The maximum Gasteiger partial charge on any atom is 0.408 e. The first-order valence-electron chi connectivity index (χ1n) is 10.9. The average molecular weight is 430 g/mol. The van der Waals surface area contributed by atoms with Crippen LogP contribution in [0.1, 0.15) is 59.6 Å². The van der Waals surface area contributed by atoms with E-state index in [-0.39, 0.29) is 5.92 Å². The minimum Gasteiger partial charge on any atom is -0.496 e. The topological polar surface area (TPSA) is 73.9 Å². The zero-order valence-corrected chi connectivity index (χ0v) is 19.9. The van der Waals surface area contributed by atoms with E-state index in [2.05, 4.69) is 12.2 Å². The van der Waals surface area contributed by atoms with Crippen molar-refractivity contribution in [3.8, 4) is 11.5 Å². The van der Waals surface area contributed by atoms with Gasteiger partial charge in [0.05, 0.1) is 7.11 Å². The molecule has 6 nitrogen and oxygen atoms in total. The van der Waals surface area contributed by atoms with Gasteiger partial charge in [0, 0.05) is 21.9 Å². The molecule has 1 amide bonds. The lowest BCUT2D eigenvalue weighted by Gasteiger charge is -2.26. The molecule has 6 heteroatoms. The number of amides is 1. The number of esters is 1. The first-order chi connectivity index (χ1) is 14.5. The summed E-state index contributed by atoms with van der Waals surface area (Å²) < 4.78 is 17.0. The van der Waals surface area contributed by atoms with Crippen LogP contribution in [0.25, 0.3) is 10.8 Å². The summed E-state index contributed by atoms with van der Waals surface area (Å²) in [5, 5.41) is 4.37. The van der Waals surface area contributed by atoms with E-state index in [0.717, 1.165) is 34.1 Å². The van der Waals surface area contributed by atoms with Crippen LogP contribution in [-0.2, 0) is 22.4 Å². The number of hydrogen-bond donors (Lipinski definition) is 1. The molecule has 0 spiro atoms. The maximum atomic E-state index is 13.2. The molecule has 2 rings (SSSR count). The van der Waals surface area contributed by atoms with Crippen molar-refractivity contribution in [2.24, 2.45) is 5.92 Å². The highest BCUT2D eigenvalue weighted by molar-refractivity contribution is 5.98. The van der Waals surface area contributed by atoms with Crippen molar-refractivity contribution < 1.29 is 23.8 Å². The molecule has 31 heavy (non-hydrogen) atoms. The molecule has 0 radical (unpaired) electrons. The second-order valence-electron chi connectivity index (χ2n) is 8.86. The Hall–Kier alpha value is -2.76. The van der Waals surface area contributed by atoms with Crippen LogP contribution in [0.15, 0.2) is 24.3 Å². The second-order valence-corrected chi connectivity index (χ2v) is 8.86. The summed E-state index contributed by atoms with van der Waals surface area (Å²) in [6.07, 6.45) is 0.775. The van der Waals surface area contributed by atoms with Gasteiger partial charge < -0.3 is 19.5 Å². The van der Waals surface area contributed by atoms with E-state index in [0.29, 0.717) is 12.2 Å². The van der Waals surface area contributed by atoms with Gasteiger partial charge in [-0.05, 0) is 39.5 Å². The number of carbonyl (C=O) groups excluding carboxylic acids is 2. The standard InChI is InChI=1S/C25H35NO5/c1-9-16-17(10-2)22(19-14-12-11-13-18(19)21(16)29-8)30-23(27)20(15(3)4)26-24(28)31-25(5,6)7/h11-15,20H,9-10H2,1-8H3,(H,26,28)/t20-/m0/s1. The quantitative estimate of drug-likeness (QED) is 0.469. The van der Waals surface area contributed by atoms with Crippen molar-refractivity contribution in [2.75, 3.05) is 7.11 Å². The number of rotatable bonds is 7. The number of ether oxygens (including phenoxy) is 3. The smallest absolute Gasteiger partial charge is 0.408 e. The third-order valence-electron chi connectivity index (χ3n) is 5.04. The third kappa shape index (κ3) is 5.69. The van der Waals surface area contributed by atoms with E-state index in [1.54, 1.807) is 27.9 Å². The molecule has 0 aliphatic heterocycles. The lowest BCUT2D eigenvalue weighted by atomic mass is 9.94. The fourth-order valence-electron chi connectivity index (χ4n) is 3.67. The zero-order valence-electron chi connectivity index (χ0n) is 19.9. The van der Waals surface area contributed by atoms with E-state index in [4.69, 9.17) is 14.2 Å². The Labute approximate surface area is 185 Å². The molecule has 1 N–H and O–H groups in total. The van der Waals surface area contributed by atoms with Gasteiger partial charge >= 0.3 is 12.1 Å². The lowest BCUT2D eigenvalue weighted by Crippen LogP contribution is -2.48. The van der Waals surface area contributed by atoms with E-state index in [1.807, 2.05) is 45.0 Å². The molecule has 2 aromatic carbocycles. The van der Waals surface area contributed by atoms with Gasteiger partial charge in [0.15, 0.2) is 0 Å². The number of nitrogens with one attached hydrogen (secondary N) is 1. The summed E-state index contributed by atoms with van der Waals surface area (Å²) in [7, 11) is 1.66. The Kier molecular flexibility index (Phi) is 7.93. The average Bonchev–Trinajstić information content (AvgIpc) is 2.69. The van der Waals surface area contributed by atoms with Gasteiger partial charge in [-0.25, -0.2) is 9.59 Å². The summed E-state index contributed by atoms with van der Waals surface area (Å²) in [4.78, 5) is 25.5. The normalized spacial score (nSPS) is 12.5. The summed E-state index contributed by atoms with van der Waals surface area (Å²) >= 11 is 0. The molecule has 2 aromatic rings. The zero-order chi connectivity index (χ0) is 23.3. The molecule has 0 aliphatic carbocycles. The summed E-state index contributed by atoms with van der Waals surface area (Å²) in [5.41, 5.74) is 1.30. The molecular weight excluding hydrogens is 394 g/mol. The minimum atomic E-state index is -0.842. The number of hydrogen-bond acceptors (Lipinski definition) is 5. The molecule has 0 bridgehead atoms. The van der Waals surface area contributed by atoms with Crippen LogP contribution in [0, 0.1) is 5.92 Å². The monoisotopic (exact) mass is 429 g/mol. The van der Waals surface area contributed by atoms with Crippen LogP contribution < -0.4 is 14.8 Å². The summed E-state index contributed by atoms with van der Waals surface area (Å²) in [6, 6.07) is 6.88. The fraction of sp³-hybridized carbons (Fsp3) is 0.520. The highest BCUT2D eigenvalue weighted by Crippen LogP contribution is 2.41. The molecule has 0 heterocycles. The molecule has 0 aromatic heterocycles. The molecule has 170 valence electrons. The van der Waals surface area contributed by atoms with Crippen molar-refractivity contribution in [1.82, 2.24) is 5.32 Å². The molecule has 1 atom stereocenters. The molecular formula is C25H35NO5. The number of carbonyl (C=O) groups is 2. The van der Waals surface area contributed by atoms with Crippen LogP contribution >= 0.6 is 0 Å². The highest BCUT2D eigenvalue weighted by Gasteiger charge is 2.30. The van der Waals surface area contributed by atoms with Gasteiger partial charge in [-0.15, -0.1) is 0 Å². The Balaban J connectivity index is 2.49. The predicted molar refractivity (Wildman–Crippen MR) is 123 cm³/mol. The fourth-order valence-corrected chi connectivity index (χ4v) is 3.67. The van der Waals surface area contributed by atoms with Crippen LogP contribution in [0.5, 0.6) is 11.5 Å². The van der Waals surface area contributed by atoms with Gasteiger partial charge in [-0.3, -0.25) is 0 Å². The van der Waals surface area contributed by atoms with Crippen LogP contribution in [-0.4, -0.2) is 30.8 Å². The van der Waals surface area contributed by atoms with Crippen LogP contribution in [0.3, 0.4) is 0 Å². The van der Waals surface area contributed by atoms with Gasteiger partial charge in [0.1, 0.15) is 23.1 Å². The summed E-state index contributed by atoms with van der Waals surface area (Å²) in [6.45, 7) is 13.1. The minimum absolute atomic E-state index is 0.180. The third-order valence-corrected chi connectivity index (χ3v) is 5.04. The maximum absolute atomic E-state index is 13.2. The molecule has 0 aliphatic rings. The van der Waals surface area contributed by atoms with Gasteiger partial charge in [0.2, 0.25) is 0 Å². The number of alkyl carbamates (subject to hydrolysis) is 1. The Morgan fingerprint density at radius 2 is 1.48 bits per heavy atom. The van der Waals surface area contributed by atoms with E-state index < -0.39 is 23.7 Å². The van der Waals surface area contributed by atoms with E-state index in [9.17, 15) is 9.59 Å². The largest absolute Gasteiger partial charge is 0.496 e. The summed E-state index contributed by atoms with van der Waals surface area (Å²) in [5.74, 6) is 0.632. The highest BCUT2D eigenvalue weighted by atomic mass is 16.6. The van der Waals surface area contributed by atoms with Crippen molar-refractivity contribution in [2.45, 2.75) is 73.0 Å². The van der Waals surface area contributed by atoms with E-state index >= 15 is 0 Å². The van der Waals surface area contributed by atoms with Crippen LogP contribution in [0.2, 0.25) is 0 Å². The lowest BCUT2D eigenvalue weighted by molar-refractivity contribution is -0.137. The Morgan fingerprint density at radius 3 is 1.94 bits per heavy atom. The number of benzene rings is 2. The molecule has 0 saturated heterocycles. The van der Waals surface area contributed by atoms with Gasteiger partial charge in [-0.2, -0.15) is 0 Å².